The number of aromatic nitrogens is 1. The van der Waals surface area contributed by atoms with Crippen LogP contribution in [0.3, 0.4) is 0 Å². The molecular formula is C12H13NO2. The van der Waals surface area contributed by atoms with Gasteiger partial charge in [-0.05, 0) is 19.1 Å². The van der Waals surface area contributed by atoms with E-state index in [0.29, 0.717) is 6.61 Å². The lowest BCUT2D eigenvalue weighted by Crippen LogP contribution is -2.16. The molecule has 2 aromatic rings. The van der Waals surface area contributed by atoms with Crippen LogP contribution in [0.1, 0.15) is 6.92 Å². The third kappa shape index (κ3) is 1.59. The number of para-hydroxylation sites is 1. The highest BCUT2D eigenvalue weighted by Gasteiger charge is 2.40. The minimum Gasteiger partial charge on any atom is -0.488 e. The molecule has 1 aromatic carbocycles. The highest BCUT2D eigenvalue weighted by Crippen LogP contribution is 2.29. The van der Waals surface area contributed by atoms with E-state index >= 15 is 0 Å². The summed E-state index contributed by atoms with van der Waals surface area (Å²) in [5.74, 6) is 0.897. The van der Waals surface area contributed by atoms with Crippen LogP contribution in [0.4, 0.5) is 0 Å². The maximum Gasteiger partial charge on any atom is 0.143 e. The molecule has 0 amide bonds. The Kier molecular flexibility index (Phi) is 1.76. The third-order valence-corrected chi connectivity index (χ3v) is 2.72. The molecule has 1 aliphatic heterocycles. The van der Waals surface area contributed by atoms with Gasteiger partial charge in [0, 0.05) is 11.6 Å². The molecule has 3 rings (SSSR count). The Morgan fingerprint density at radius 2 is 2.33 bits per heavy atom. The van der Waals surface area contributed by atoms with Crippen LogP contribution in [-0.2, 0) is 4.74 Å². The van der Waals surface area contributed by atoms with Crippen LogP contribution in [0.5, 0.6) is 5.75 Å². The number of fused-ring (bicyclic) bond motifs is 1. The van der Waals surface area contributed by atoms with Crippen molar-refractivity contribution in [3.8, 4) is 5.75 Å². The summed E-state index contributed by atoms with van der Waals surface area (Å²) in [6.45, 7) is 3.47. The van der Waals surface area contributed by atoms with E-state index in [1.54, 1.807) is 0 Å². The zero-order valence-corrected chi connectivity index (χ0v) is 8.62. The van der Waals surface area contributed by atoms with Gasteiger partial charge in [0.2, 0.25) is 0 Å². The quantitative estimate of drug-likeness (QED) is 0.777. The van der Waals surface area contributed by atoms with Gasteiger partial charge in [-0.3, -0.25) is 0 Å². The summed E-state index contributed by atoms with van der Waals surface area (Å²) < 4.78 is 11.0. The van der Waals surface area contributed by atoms with Crippen LogP contribution >= 0.6 is 0 Å². The molecule has 0 aliphatic carbocycles. The maximum absolute atomic E-state index is 5.75. The fourth-order valence-corrected chi connectivity index (χ4v) is 1.61. The number of aromatic amines is 1. The van der Waals surface area contributed by atoms with Gasteiger partial charge >= 0.3 is 0 Å². The van der Waals surface area contributed by atoms with E-state index in [-0.39, 0.29) is 5.60 Å². The largest absolute Gasteiger partial charge is 0.488 e. The number of H-pyrrole nitrogens is 1. The average molecular weight is 203 g/mol. The van der Waals surface area contributed by atoms with E-state index in [4.69, 9.17) is 9.47 Å². The fraction of sp³-hybridized carbons (Fsp3) is 0.333. The Morgan fingerprint density at radius 3 is 3.13 bits per heavy atom. The Labute approximate surface area is 88.0 Å². The summed E-state index contributed by atoms with van der Waals surface area (Å²) in [7, 11) is 0. The van der Waals surface area contributed by atoms with Gasteiger partial charge in [0.15, 0.2) is 0 Å². The lowest BCUT2D eigenvalue weighted by Gasteiger charge is -2.09. The molecule has 1 aliphatic rings. The zero-order chi connectivity index (χ0) is 10.3. The second-order valence-corrected chi connectivity index (χ2v) is 4.23. The Balaban J connectivity index is 1.86. The second kappa shape index (κ2) is 3.00. The van der Waals surface area contributed by atoms with Gasteiger partial charge in [0.05, 0.1) is 12.1 Å². The standard InChI is InChI=1S/C12H13NO2/c1-12(8-15-12)7-14-10-4-2-3-9-5-6-13-11(9)10/h2-6,13H,7-8H2,1H3. The van der Waals surface area contributed by atoms with Crippen molar-refractivity contribution < 1.29 is 9.47 Å². The molecule has 0 radical (unpaired) electrons. The number of benzene rings is 1. The summed E-state index contributed by atoms with van der Waals surface area (Å²) in [6, 6.07) is 8.08. The summed E-state index contributed by atoms with van der Waals surface area (Å²) in [4.78, 5) is 3.18. The van der Waals surface area contributed by atoms with Crippen LogP contribution in [0.2, 0.25) is 0 Å². The van der Waals surface area contributed by atoms with Gasteiger partial charge in [-0.2, -0.15) is 0 Å². The van der Waals surface area contributed by atoms with Crippen molar-refractivity contribution in [1.29, 1.82) is 0 Å². The first-order valence-corrected chi connectivity index (χ1v) is 5.10. The molecule has 2 heterocycles. The van der Waals surface area contributed by atoms with Crippen molar-refractivity contribution in [3.63, 3.8) is 0 Å². The third-order valence-electron chi connectivity index (χ3n) is 2.72. The molecule has 78 valence electrons. The number of nitrogens with one attached hydrogen (secondary N) is 1. The molecule has 15 heavy (non-hydrogen) atoms. The Hall–Kier alpha value is -1.48. The lowest BCUT2D eigenvalue weighted by atomic mass is 10.2. The first-order chi connectivity index (χ1) is 7.27. The molecule has 3 heteroatoms. The molecule has 1 unspecified atom stereocenters. The molecule has 3 nitrogen and oxygen atoms in total. The van der Waals surface area contributed by atoms with Crippen molar-refractivity contribution in [2.45, 2.75) is 12.5 Å². The molecule has 0 bridgehead atoms. The van der Waals surface area contributed by atoms with Gasteiger partial charge in [-0.15, -0.1) is 0 Å². The average Bonchev–Trinajstić information content (AvgIpc) is 2.80. The van der Waals surface area contributed by atoms with Gasteiger partial charge in [-0.1, -0.05) is 12.1 Å². The SMILES string of the molecule is CC1(COc2cccc3cc[nH]c23)CO1. The minimum absolute atomic E-state index is 0.0608. The molecule has 1 fully saturated rings. The Morgan fingerprint density at radius 1 is 1.47 bits per heavy atom. The smallest absolute Gasteiger partial charge is 0.143 e. The predicted molar refractivity (Wildman–Crippen MR) is 58.2 cm³/mol. The van der Waals surface area contributed by atoms with Crippen LogP contribution in [0, 0.1) is 0 Å². The number of epoxide rings is 1. The molecule has 0 spiro atoms. The highest BCUT2D eigenvalue weighted by atomic mass is 16.6. The van der Waals surface area contributed by atoms with Gasteiger partial charge in [0.1, 0.15) is 18.0 Å². The number of ether oxygens (including phenoxy) is 2. The van der Waals surface area contributed by atoms with Crippen molar-refractivity contribution in [1.82, 2.24) is 4.98 Å². The normalized spacial score (nSPS) is 24.3. The topological polar surface area (TPSA) is 37.5 Å². The van der Waals surface area contributed by atoms with Gasteiger partial charge in [0.25, 0.3) is 0 Å². The summed E-state index contributed by atoms with van der Waals surface area (Å²) in [6.07, 6.45) is 1.92. The Bertz CT molecular complexity index is 485. The molecule has 1 N–H and O–H groups in total. The second-order valence-electron chi connectivity index (χ2n) is 4.23. The monoisotopic (exact) mass is 203 g/mol. The summed E-state index contributed by atoms with van der Waals surface area (Å²) >= 11 is 0. The molecule has 1 aromatic heterocycles. The van der Waals surface area contributed by atoms with E-state index in [1.807, 2.05) is 24.4 Å². The molecule has 0 saturated carbocycles. The summed E-state index contributed by atoms with van der Waals surface area (Å²) in [5, 5.41) is 1.18. The molecule has 1 saturated heterocycles. The number of rotatable bonds is 3. The van der Waals surface area contributed by atoms with Crippen LogP contribution in [0.15, 0.2) is 30.5 Å². The number of hydrogen-bond acceptors (Lipinski definition) is 2. The van der Waals surface area contributed by atoms with E-state index in [9.17, 15) is 0 Å². The van der Waals surface area contributed by atoms with E-state index < -0.39 is 0 Å². The lowest BCUT2D eigenvalue weighted by molar-refractivity contribution is 0.204. The van der Waals surface area contributed by atoms with Gasteiger partial charge in [-0.25, -0.2) is 0 Å². The summed E-state index contributed by atoms with van der Waals surface area (Å²) in [5.41, 5.74) is 0.996. The van der Waals surface area contributed by atoms with Crippen molar-refractivity contribution >= 4 is 10.9 Å². The first-order valence-electron chi connectivity index (χ1n) is 5.10. The van der Waals surface area contributed by atoms with Crippen LogP contribution in [-0.4, -0.2) is 23.8 Å². The highest BCUT2D eigenvalue weighted by molar-refractivity contribution is 5.85. The maximum atomic E-state index is 5.75. The van der Waals surface area contributed by atoms with E-state index in [1.165, 1.54) is 5.39 Å². The fourth-order valence-electron chi connectivity index (χ4n) is 1.61. The molecule has 1 atom stereocenters. The molecular weight excluding hydrogens is 190 g/mol. The van der Waals surface area contributed by atoms with Gasteiger partial charge < -0.3 is 14.5 Å². The van der Waals surface area contributed by atoms with Crippen molar-refractivity contribution in [2.24, 2.45) is 0 Å². The van der Waals surface area contributed by atoms with Crippen molar-refractivity contribution in [3.05, 3.63) is 30.5 Å². The minimum atomic E-state index is -0.0608. The number of hydrogen-bond donors (Lipinski definition) is 1. The zero-order valence-electron chi connectivity index (χ0n) is 8.62. The van der Waals surface area contributed by atoms with E-state index in [2.05, 4.69) is 18.0 Å². The first kappa shape index (κ1) is 8.80. The van der Waals surface area contributed by atoms with E-state index in [0.717, 1.165) is 17.9 Å². The van der Waals surface area contributed by atoms with Crippen LogP contribution in [0.25, 0.3) is 10.9 Å². The van der Waals surface area contributed by atoms with Crippen LogP contribution < -0.4 is 4.74 Å². The predicted octanol–water partition coefficient (Wildman–Crippen LogP) is 2.34. The van der Waals surface area contributed by atoms with Crippen molar-refractivity contribution in [2.75, 3.05) is 13.2 Å².